The first kappa shape index (κ1) is 22.2. The first-order chi connectivity index (χ1) is 15.3. The molecular weight excluding hydrogens is 384 g/mol. The zero-order chi connectivity index (χ0) is 21.3. The van der Waals surface area contributed by atoms with Gasteiger partial charge in [0.2, 0.25) is 0 Å². The average Bonchev–Trinajstić information content (AvgIpc) is 3.06. The quantitative estimate of drug-likeness (QED) is 0.569. The van der Waals surface area contributed by atoms with Crippen molar-refractivity contribution in [3.63, 3.8) is 0 Å². The molecule has 6 nitrogen and oxygen atoms in total. The van der Waals surface area contributed by atoms with Crippen molar-refractivity contribution in [1.29, 1.82) is 0 Å². The van der Waals surface area contributed by atoms with E-state index in [4.69, 9.17) is 5.73 Å². The second kappa shape index (κ2) is 11.6. The maximum Gasteiger partial charge on any atom is 0.0892 e. The lowest BCUT2D eigenvalue weighted by Crippen LogP contribution is -2.44. The molecule has 3 aliphatic rings. The van der Waals surface area contributed by atoms with E-state index in [1.54, 1.807) is 0 Å². The number of anilines is 1. The molecule has 1 saturated heterocycles. The molecule has 31 heavy (non-hydrogen) atoms. The number of hydrogen-bond donors (Lipinski definition) is 4. The van der Waals surface area contributed by atoms with Gasteiger partial charge in [-0.25, -0.2) is 0 Å². The highest BCUT2D eigenvalue weighted by molar-refractivity contribution is 5.39. The van der Waals surface area contributed by atoms with E-state index < -0.39 is 0 Å². The summed E-state index contributed by atoms with van der Waals surface area (Å²) in [6.07, 6.45) is 2.62. The van der Waals surface area contributed by atoms with Crippen molar-refractivity contribution in [2.45, 2.75) is 32.1 Å². The molecule has 1 unspecified atom stereocenters. The molecule has 0 radical (unpaired) electrons. The zero-order valence-corrected chi connectivity index (χ0v) is 18.7. The van der Waals surface area contributed by atoms with E-state index in [0.717, 1.165) is 77.6 Å². The van der Waals surface area contributed by atoms with Gasteiger partial charge < -0.3 is 21.7 Å². The summed E-state index contributed by atoms with van der Waals surface area (Å²) >= 11 is 0. The summed E-state index contributed by atoms with van der Waals surface area (Å²) in [6.45, 7) is 10.4. The standard InChI is InChI=1S/C25H38N6/c26-24-9-5-22(6-10-24)20-31-19-21-3-7-23(8-4-21)25(31)30-17-2-13-28-15-14-27-11-1-12-29-16-18-30/h3-10,25,27-29H,1-2,11-20,26H2. The van der Waals surface area contributed by atoms with E-state index in [1.165, 1.54) is 23.1 Å². The molecule has 2 aromatic rings. The van der Waals surface area contributed by atoms with Crippen molar-refractivity contribution in [2.75, 3.05) is 58.1 Å². The Kier molecular flexibility index (Phi) is 8.32. The van der Waals surface area contributed by atoms with Crippen LogP contribution in [0.25, 0.3) is 0 Å². The van der Waals surface area contributed by atoms with Crippen LogP contribution in [0, 0.1) is 0 Å². The van der Waals surface area contributed by atoms with Crippen LogP contribution in [0.3, 0.4) is 0 Å². The van der Waals surface area contributed by atoms with E-state index >= 15 is 0 Å². The van der Waals surface area contributed by atoms with Gasteiger partial charge in [0.1, 0.15) is 0 Å². The molecule has 0 saturated carbocycles. The van der Waals surface area contributed by atoms with E-state index in [-0.39, 0.29) is 0 Å². The van der Waals surface area contributed by atoms with Crippen molar-refractivity contribution in [3.8, 4) is 0 Å². The topological polar surface area (TPSA) is 68.6 Å². The Morgan fingerprint density at radius 2 is 1.42 bits per heavy atom. The smallest absolute Gasteiger partial charge is 0.0892 e. The Bertz CT molecular complexity index is 762. The Morgan fingerprint density at radius 3 is 2.16 bits per heavy atom. The Hall–Kier alpha value is -1.96. The molecule has 5 rings (SSSR count). The molecule has 168 valence electrons. The van der Waals surface area contributed by atoms with Gasteiger partial charge in [-0.1, -0.05) is 36.4 Å². The molecule has 2 aromatic carbocycles. The monoisotopic (exact) mass is 422 g/mol. The van der Waals surface area contributed by atoms with Gasteiger partial charge >= 0.3 is 0 Å². The molecule has 2 bridgehead atoms. The third-order valence-corrected chi connectivity index (χ3v) is 6.28. The lowest BCUT2D eigenvalue weighted by atomic mass is 10.1. The van der Waals surface area contributed by atoms with Gasteiger partial charge in [-0.05, 0) is 61.3 Å². The molecular formula is C25H38N6. The van der Waals surface area contributed by atoms with E-state index in [9.17, 15) is 0 Å². The van der Waals surface area contributed by atoms with Gasteiger partial charge in [0.15, 0.2) is 0 Å². The van der Waals surface area contributed by atoms with E-state index in [2.05, 4.69) is 62.1 Å². The van der Waals surface area contributed by atoms with Crippen molar-refractivity contribution in [2.24, 2.45) is 0 Å². The van der Waals surface area contributed by atoms with Crippen molar-refractivity contribution in [3.05, 3.63) is 65.2 Å². The van der Waals surface area contributed by atoms with Gasteiger partial charge in [0.05, 0.1) is 6.17 Å². The maximum atomic E-state index is 5.92. The minimum absolute atomic E-state index is 0.293. The molecule has 1 fully saturated rings. The van der Waals surface area contributed by atoms with Crippen LogP contribution < -0.4 is 21.7 Å². The molecule has 0 spiro atoms. The summed E-state index contributed by atoms with van der Waals surface area (Å²) < 4.78 is 0. The van der Waals surface area contributed by atoms with Crippen LogP contribution in [0.5, 0.6) is 0 Å². The predicted octanol–water partition coefficient (Wildman–Crippen LogP) is 2.15. The number of hydrogen-bond acceptors (Lipinski definition) is 6. The molecule has 3 aliphatic heterocycles. The number of fused-ring (bicyclic) bond motifs is 4. The summed E-state index contributed by atoms with van der Waals surface area (Å²) in [4.78, 5) is 5.30. The summed E-state index contributed by atoms with van der Waals surface area (Å²) in [5.41, 5.74) is 10.8. The third kappa shape index (κ3) is 6.51. The lowest BCUT2D eigenvalue weighted by molar-refractivity contribution is 0.0301. The fourth-order valence-corrected chi connectivity index (χ4v) is 4.65. The summed E-state index contributed by atoms with van der Waals surface area (Å²) in [7, 11) is 0. The molecule has 0 aromatic heterocycles. The molecule has 3 heterocycles. The molecule has 0 amide bonds. The second-order valence-electron chi connectivity index (χ2n) is 8.75. The number of nitrogens with zero attached hydrogens (tertiary/aromatic N) is 2. The Morgan fingerprint density at radius 1 is 0.742 bits per heavy atom. The van der Waals surface area contributed by atoms with Crippen molar-refractivity contribution in [1.82, 2.24) is 25.8 Å². The van der Waals surface area contributed by atoms with E-state index in [1.807, 2.05) is 12.1 Å². The van der Waals surface area contributed by atoms with Crippen LogP contribution in [-0.2, 0) is 13.1 Å². The number of nitrogen functional groups attached to an aromatic ring is 1. The summed E-state index contributed by atoms with van der Waals surface area (Å²) in [5.74, 6) is 0. The van der Waals surface area contributed by atoms with Crippen LogP contribution >= 0.6 is 0 Å². The highest BCUT2D eigenvalue weighted by Gasteiger charge is 2.29. The predicted molar refractivity (Wildman–Crippen MR) is 129 cm³/mol. The molecule has 1 atom stereocenters. The van der Waals surface area contributed by atoms with Gasteiger partial charge in [-0.3, -0.25) is 9.80 Å². The normalized spacial score (nSPS) is 22.6. The lowest BCUT2D eigenvalue weighted by Gasteiger charge is -2.39. The van der Waals surface area contributed by atoms with Crippen LogP contribution in [0.1, 0.15) is 35.7 Å². The van der Waals surface area contributed by atoms with Crippen molar-refractivity contribution >= 4 is 5.69 Å². The fraction of sp³-hybridized carbons (Fsp3) is 0.520. The Labute approximate surface area is 187 Å². The SMILES string of the molecule is Nc1ccc(CN2Cc3ccc(cc3)C2N2CCCNCCNCCCNCC2)cc1. The van der Waals surface area contributed by atoms with Gasteiger partial charge in [-0.15, -0.1) is 0 Å². The first-order valence-corrected chi connectivity index (χ1v) is 11.8. The van der Waals surface area contributed by atoms with Crippen LogP contribution in [-0.4, -0.2) is 62.2 Å². The first-order valence-electron chi connectivity index (χ1n) is 11.8. The number of rotatable bonds is 3. The molecule has 0 aliphatic carbocycles. The van der Waals surface area contributed by atoms with E-state index in [0.29, 0.717) is 6.17 Å². The van der Waals surface area contributed by atoms with Crippen LogP contribution in [0.2, 0.25) is 0 Å². The van der Waals surface area contributed by atoms with Gasteiger partial charge in [0, 0.05) is 51.5 Å². The largest absolute Gasteiger partial charge is 0.399 e. The molecule has 6 heteroatoms. The van der Waals surface area contributed by atoms with Gasteiger partial charge in [0.25, 0.3) is 0 Å². The number of benzene rings is 2. The fourth-order valence-electron chi connectivity index (χ4n) is 4.65. The molecule has 5 N–H and O–H groups in total. The zero-order valence-electron chi connectivity index (χ0n) is 18.7. The Balaban J connectivity index is 1.50. The second-order valence-corrected chi connectivity index (χ2v) is 8.75. The van der Waals surface area contributed by atoms with Crippen LogP contribution in [0.15, 0.2) is 48.5 Å². The minimum atomic E-state index is 0.293. The summed E-state index contributed by atoms with van der Waals surface area (Å²) in [5, 5.41) is 10.8. The van der Waals surface area contributed by atoms with Crippen LogP contribution in [0.4, 0.5) is 5.69 Å². The van der Waals surface area contributed by atoms with Crippen molar-refractivity contribution < 1.29 is 0 Å². The third-order valence-electron chi connectivity index (χ3n) is 6.28. The highest BCUT2D eigenvalue weighted by Crippen LogP contribution is 2.32. The minimum Gasteiger partial charge on any atom is -0.399 e. The van der Waals surface area contributed by atoms with Gasteiger partial charge in [-0.2, -0.15) is 0 Å². The number of nitrogens with one attached hydrogen (secondary N) is 3. The highest BCUT2D eigenvalue weighted by atomic mass is 15.4. The number of nitrogens with two attached hydrogens (primary N) is 1. The average molecular weight is 423 g/mol. The summed E-state index contributed by atoms with van der Waals surface area (Å²) in [6, 6.07) is 17.6. The maximum absolute atomic E-state index is 5.92.